The molecular weight excluding hydrogens is 374 g/mol. The van der Waals surface area contributed by atoms with E-state index in [-0.39, 0.29) is 17.7 Å². The monoisotopic (exact) mass is 387 g/mol. The molecule has 0 amide bonds. The molecule has 1 atom stereocenters. The van der Waals surface area contributed by atoms with Crippen molar-refractivity contribution in [2.75, 3.05) is 0 Å². The van der Waals surface area contributed by atoms with Crippen LogP contribution in [0.2, 0.25) is 0 Å². The van der Waals surface area contributed by atoms with Gasteiger partial charge in [0, 0.05) is 0 Å². The first-order valence-corrected chi connectivity index (χ1v) is 8.09. The van der Waals surface area contributed by atoms with Gasteiger partial charge in [-0.25, -0.2) is 14.8 Å². The van der Waals surface area contributed by atoms with Crippen LogP contribution in [0.25, 0.3) is 11.0 Å². The van der Waals surface area contributed by atoms with Gasteiger partial charge in [-0.2, -0.15) is 0 Å². The maximum absolute atomic E-state index is 12.5. The lowest BCUT2D eigenvalue weighted by molar-refractivity contribution is -0.148. The van der Waals surface area contributed by atoms with Gasteiger partial charge in [0.25, 0.3) is 5.56 Å². The summed E-state index contributed by atoms with van der Waals surface area (Å²) in [5, 5.41) is 0. The molecule has 0 aliphatic heterocycles. The lowest BCUT2D eigenvalue weighted by Crippen LogP contribution is -2.30. The Hall–Kier alpha value is -2.54. The van der Waals surface area contributed by atoms with E-state index in [0.717, 1.165) is 5.56 Å². The molecule has 0 aliphatic carbocycles. The summed E-state index contributed by atoms with van der Waals surface area (Å²) in [6.07, 6.45) is 1.34. The van der Waals surface area contributed by atoms with Crippen molar-refractivity contribution in [3.63, 3.8) is 0 Å². The second kappa shape index (κ2) is 6.92. The van der Waals surface area contributed by atoms with E-state index in [1.165, 1.54) is 10.9 Å². The molecule has 0 radical (unpaired) electrons. The normalized spacial score (nSPS) is 12.1. The highest BCUT2D eigenvalue weighted by Gasteiger charge is 2.19. The second-order valence-electron chi connectivity index (χ2n) is 5.23. The molecule has 0 saturated heterocycles. The van der Waals surface area contributed by atoms with Crippen LogP contribution in [0.3, 0.4) is 0 Å². The number of hydrogen-bond donors (Lipinski definition) is 0. The number of carbonyl (C=O) groups is 1. The third-order valence-corrected chi connectivity index (χ3v) is 4.02. The number of halogens is 1. The molecule has 7 heteroatoms. The van der Waals surface area contributed by atoms with Crippen LogP contribution in [0.5, 0.6) is 0 Å². The van der Waals surface area contributed by atoms with Crippen molar-refractivity contribution in [1.29, 1.82) is 0 Å². The third-order valence-electron chi connectivity index (χ3n) is 3.58. The van der Waals surface area contributed by atoms with Crippen LogP contribution in [-0.2, 0) is 16.1 Å². The van der Waals surface area contributed by atoms with Gasteiger partial charge in [0.1, 0.15) is 17.3 Å². The standard InChI is InChI=1S/C17H14BrN3O3/c1-11(17(23)24-9-12-5-3-2-4-6-12)21-10-19-13-7-8-14(18)20-15(13)16(21)22/h2-8,10-11H,9H2,1H3/t11-/m1/s1. The Morgan fingerprint density at radius 3 is 2.75 bits per heavy atom. The summed E-state index contributed by atoms with van der Waals surface area (Å²) in [6, 6.07) is 12.0. The SMILES string of the molecule is C[C@H](C(=O)OCc1ccccc1)n1cnc2ccc(Br)nc2c1=O. The molecule has 0 N–H and O–H groups in total. The molecule has 3 rings (SSSR count). The van der Waals surface area contributed by atoms with E-state index in [1.807, 2.05) is 30.3 Å². The maximum Gasteiger partial charge on any atom is 0.329 e. The molecule has 0 aliphatic rings. The summed E-state index contributed by atoms with van der Waals surface area (Å²) in [6.45, 7) is 1.75. The molecule has 122 valence electrons. The average molecular weight is 388 g/mol. The minimum absolute atomic E-state index is 0.156. The highest BCUT2D eigenvalue weighted by molar-refractivity contribution is 9.10. The van der Waals surface area contributed by atoms with Crippen LogP contribution in [0.15, 0.2) is 58.2 Å². The number of hydrogen-bond acceptors (Lipinski definition) is 5. The zero-order valence-electron chi connectivity index (χ0n) is 12.8. The topological polar surface area (TPSA) is 74.1 Å². The molecule has 6 nitrogen and oxygen atoms in total. The van der Waals surface area contributed by atoms with Crippen LogP contribution in [0, 0.1) is 0 Å². The quantitative estimate of drug-likeness (QED) is 0.508. The molecular formula is C17H14BrN3O3. The Labute approximate surface area is 146 Å². The van der Waals surface area contributed by atoms with Crippen molar-refractivity contribution in [3.05, 3.63) is 69.3 Å². The number of carbonyl (C=O) groups excluding carboxylic acids is 1. The van der Waals surface area contributed by atoms with E-state index < -0.39 is 12.0 Å². The third kappa shape index (κ3) is 3.35. The molecule has 24 heavy (non-hydrogen) atoms. The van der Waals surface area contributed by atoms with Crippen LogP contribution < -0.4 is 5.56 Å². The molecule has 0 bridgehead atoms. The molecule has 0 unspecified atom stereocenters. The first-order valence-electron chi connectivity index (χ1n) is 7.30. The van der Waals surface area contributed by atoms with E-state index in [1.54, 1.807) is 19.1 Å². The average Bonchev–Trinajstić information content (AvgIpc) is 2.61. The minimum Gasteiger partial charge on any atom is -0.459 e. The predicted octanol–water partition coefficient (Wildman–Crippen LogP) is 2.86. The largest absolute Gasteiger partial charge is 0.459 e. The predicted molar refractivity (Wildman–Crippen MR) is 92.4 cm³/mol. The zero-order chi connectivity index (χ0) is 17.1. The number of pyridine rings is 1. The Morgan fingerprint density at radius 1 is 1.25 bits per heavy atom. The van der Waals surface area contributed by atoms with Gasteiger partial charge in [0.2, 0.25) is 0 Å². The number of benzene rings is 1. The summed E-state index contributed by atoms with van der Waals surface area (Å²) in [5.41, 5.74) is 1.18. The van der Waals surface area contributed by atoms with Gasteiger partial charge in [0.05, 0.1) is 11.8 Å². The van der Waals surface area contributed by atoms with E-state index >= 15 is 0 Å². The summed E-state index contributed by atoms with van der Waals surface area (Å²) in [4.78, 5) is 33.1. The highest BCUT2D eigenvalue weighted by Crippen LogP contribution is 2.13. The van der Waals surface area contributed by atoms with Crippen molar-refractivity contribution in [1.82, 2.24) is 14.5 Å². The van der Waals surface area contributed by atoms with Crippen molar-refractivity contribution in [3.8, 4) is 0 Å². The van der Waals surface area contributed by atoms with Gasteiger partial charge in [-0.15, -0.1) is 0 Å². The Balaban J connectivity index is 1.82. The van der Waals surface area contributed by atoms with Crippen molar-refractivity contribution in [2.45, 2.75) is 19.6 Å². The number of fused-ring (bicyclic) bond motifs is 1. The smallest absolute Gasteiger partial charge is 0.329 e. The van der Waals surface area contributed by atoms with Crippen LogP contribution in [0.1, 0.15) is 18.5 Å². The fourth-order valence-electron chi connectivity index (χ4n) is 2.23. The maximum atomic E-state index is 12.5. The molecule has 0 saturated carbocycles. The van der Waals surface area contributed by atoms with Gasteiger partial charge in [0.15, 0.2) is 5.52 Å². The Kier molecular flexibility index (Phi) is 4.71. The van der Waals surface area contributed by atoms with Gasteiger partial charge in [-0.3, -0.25) is 9.36 Å². The molecule has 0 spiro atoms. The molecule has 2 heterocycles. The molecule has 2 aromatic heterocycles. The first-order chi connectivity index (χ1) is 11.6. The van der Waals surface area contributed by atoms with Gasteiger partial charge < -0.3 is 4.74 Å². The summed E-state index contributed by atoms with van der Waals surface area (Å²) in [5.74, 6) is -0.503. The highest BCUT2D eigenvalue weighted by atomic mass is 79.9. The van der Waals surface area contributed by atoms with E-state index in [2.05, 4.69) is 25.9 Å². The fraction of sp³-hybridized carbons (Fsp3) is 0.176. The fourth-order valence-corrected chi connectivity index (χ4v) is 2.54. The number of aromatic nitrogens is 3. The van der Waals surface area contributed by atoms with Crippen molar-refractivity contribution in [2.24, 2.45) is 0 Å². The van der Waals surface area contributed by atoms with E-state index in [4.69, 9.17) is 4.74 Å². The van der Waals surface area contributed by atoms with Crippen LogP contribution in [0.4, 0.5) is 0 Å². The summed E-state index contributed by atoms with van der Waals surface area (Å²) in [7, 11) is 0. The van der Waals surface area contributed by atoms with Gasteiger partial charge in [-0.1, -0.05) is 30.3 Å². The molecule has 1 aromatic carbocycles. The lowest BCUT2D eigenvalue weighted by Gasteiger charge is -2.14. The number of ether oxygens (including phenoxy) is 1. The van der Waals surface area contributed by atoms with Crippen molar-refractivity contribution < 1.29 is 9.53 Å². The first kappa shape index (κ1) is 16.3. The van der Waals surface area contributed by atoms with Crippen molar-refractivity contribution >= 4 is 32.9 Å². The zero-order valence-corrected chi connectivity index (χ0v) is 14.4. The second-order valence-corrected chi connectivity index (χ2v) is 6.04. The van der Waals surface area contributed by atoms with Gasteiger partial charge in [-0.05, 0) is 40.5 Å². The summed E-state index contributed by atoms with van der Waals surface area (Å²) < 4.78 is 7.04. The molecule has 0 fully saturated rings. The van der Waals surface area contributed by atoms with Gasteiger partial charge >= 0.3 is 5.97 Å². The number of esters is 1. The lowest BCUT2D eigenvalue weighted by atomic mass is 10.2. The van der Waals surface area contributed by atoms with E-state index in [9.17, 15) is 9.59 Å². The number of rotatable bonds is 4. The Morgan fingerprint density at radius 2 is 2.00 bits per heavy atom. The van der Waals surface area contributed by atoms with Crippen LogP contribution in [-0.4, -0.2) is 20.5 Å². The Bertz CT molecular complexity index is 941. The minimum atomic E-state index is -0.793. The number of nitrogens with zero attached hydrogens (tertiary/aromatic N) is 3. The summed E-state index contributed by atoms with van der Waals surface area (Å²) >= 11 is 3.23. The van der Waals surface area contributed by atoms with Crippen LogP contribution >= 0.6 is 15.9 Å². The molecule has 3 aromatic rings. The van der Waals surface area contributed by atoms with E-state index in [0.29, 0.717) is 10.1 Å².